The molecule has 0 aromatic rings. The van der Waals surface area contributed by atoms with E-state index in [0.717, 1.165) is 5.17 Å². The van der Waals surface area contributed by atoms with Crippen LogP contribution in [0.15, 0.2) is 4.99 Å². The maximum Gasteiger partial charge on any atom is 0.302 e. The summed E-state index contributed by atoms with van der Waals surface area (Å²) in [5, 5.41) is 0.843. The third-order valence-electron chi connectivity index (χ3n) is 3.14. The minimum Gasteiger partial charge on any atom is -0.463 e. The van der Waals surface area contributed by atoms with Crippen LogP contribution in [0.5, 0.6) is 0 Å². The van der Waals surface area contributed by atoms with Crippen LogP contribution < -0.4 is 0 Å². The molecule has 21 heavy (non-hydrogen) atoms. The van der Waals surface area contributed by atoms with E-state index in [1.807, 2.05) is 19.0 Å². The molecule has 8 heteroatoms. The second-order valence-electron chi connectivity index (χ2n) is 5.23. The van der Waals surface area contributed by atoms with Crippen LogP contribution >= 0.6 is 11.8 Å². The summed E-state index contributed by atoms with van der Waals surface area (Å²) in [5.41, 5.74) is -0.221. The lowest BCUT2D eigenvalue weighted by Crippen LogP contribution is -2.47. The number of amidine groups is 1. The van der Waals surface area contributed by atoms with Gasteiger partial charge in [0.1, 0.15) is 24.2 Å². The first-order valence-corrected chi connectivity index (χ1v) is 7.62. The predicted octanol–water partition coefficient (Wildman–Crippen LogP) is 0.629. The number of nitrogens with zero attached hydrogens (tertiary/aromatic N) is 2. The Morgan fingerprint density at radius 2 is 2.10 bits per heavy atom. The molecule has 0 aromatic carbocycles. The maximum atomic E-state index is 11.3. The molecule has 0 bridgehead atoms. The van der Waals surface area contributed by atoms with E-state index in [-0.39, 0.29) is 42.2 Å². The largest absolute Gasteiger partial charge is 0.463 e. The molecule has 4 atom stereocenters. The lowest BCUT2D eigenvalue weighted by Gasteiger charge is -2.35. The van der Waals surface area contributed by atoms with E-state index in [1.54, 1.807) is 0 Å². The lowest BCUT2D eigenvalue weighted by atomic mass is 10.0. The van der Waals surface area contributed by atoms with Gasteiger partial charge in [-0.2, -0.15) is 0 Å². The third kappa shape index (κ3) is 4.10. The maximum absolute atomic E-state index is 11.3. The van der Waals surface area contributed by atoms with Crippen molar-refractivity contribution in [1.82, 2.24) is 4.90 Å². The van der Waals surface area contributed by atoms with Gasteiger partial charge in [-0.25, -0.2) is 0 Å². The summed E-state index contributed by atoms with van der Waals surface area (Å²) >= 11 is 1.49. The van der Waals surface area contributed by atoms with Gasteiger partial charge in [0, 0.05) is 34.4 Å². The van der Waals surface area contributed by atoms with Gasteiger partial charge < -0.3 is 19.1 Å². The SMILES string of the molecule is CC(=O)OCC1CC(OC(C)=O)C2N=C(N(C)C)SC2O1. The van der Waals surface area contributed by atoms with E-state index < -0.39 is 0 Å². The Labute approximate surface area is 128 Å². The fourth-order valence-electron chi connectivity index (χ4n) is 2.27. The molecule has 118 valence electrons. The summed E-state index contributed by atoms with van der Waals surface area (Å²) in [6.45, 7) is 2.89. The Morgan fingerprint density at radius 3 is 2.67 bits per heavy atom. The molecule has 0 aliphatic carbocycles. The quantitative estimate of drug-likeness (QED) is 0.707. The highest BCUT2D eigenvalue weighted by Crippen LogP contribution is 2.38. The normalized spacial score (nSPS) is 31.1. The summed E-state index contributed by atoms with van der Waals surface area (Å²) in [6.07, 6.45) is -0.172. The highest BCUT2D eigenvalue weighted by Gasteiger charge is 2.45. The molecule has 0 spiro atoms. The van der Waals surface area contributed by atoms with Crippen molar-refractivity contribution in [2.75, 3.05) is 20.7 Å². The molecule has 2 rings (SSSR count). The van der Waals surface area contributed by atoms with Crippen molar-refractivity contribution in [2.45, 2.75) is 44.0 Å². The van der Waals surface area contributed by atoms with E-state index in [1.165, 1.54) is 25.6 Å². The number of carbonyl (C=O) groups excluding carboxylic acids is 2. The lowest BCUT2D eigenvalue weighted by molar-refractivity contribution is -0.164. The number of rotatable bonds is 3. The number of aliphatic imine (C=N–C) groups is 1. The van der Waals surface area contributed by atoms with Gasteiger partial charge in [-0.15, -0.1) is 0 Å². The first-order chi connectivity index (χ1) is 9.86. The molecule has 0 amide bonds. The minimum atomic E-state index is -0.355. The summed E-state index contributed by atoms with van der Waals surface area (Å²) in [4.78, 5) is 28.7. The van der Waals surface area contributed by atoms with Crippen molar-refractivity contribution in [2.24, 2.45) is 4.99 Å². The highest BCUT2D eigenvalue weighted by atomic mass is 32.2. The average Bonchev–Trinajstić information content (AvgIpc) is 2.80. The van der Waals surface area contributed by atoms with E-state index in [4.69, 9.17) is 14.2 Å². The van der Waals surface area contributed by atoms with Crippen molar-refractivity contribution in [3.63, 3.8) is 0 Å². The molecule has 2 heterocycles. The second-order valence-corrected chi connectivity index (χ2v) is 6.29. The average molecular weight is 316 g/mol. The highest BCUT2D eigenvalue weighted by molar-refractivity contribution is 8.14. The van der Waals surface area contributed by atoms with Crippen LogP contribution in [0.1, 0.15) is 20.3 Å². The Hall–Kier alpha value is -1.28. The van der Waals surface area contributed by atoms with Crippen molar-refractivity contribution in [1.29, 1.82) is 0 Å². The topological polar surface area (TPSA) is 77.4 Å². The fourth-order valence-corrected chi connectivity index (χ4v) is 3.46. The minimum absolute atomic E-state index is 0.161. The molecule has 1 saturated heterocycles. The van der Waals surface area contributed by atoms with E-state index in [0.29, 0.717) is 6.42 Å². The Morgan fingerprint density at radius 1 is 1.38 bits per heavy atom. The molecule has 0 aromatic heterocycles. The Balaban J connectivity index is 2.07. The molecule has 0 radical (unpaired) electrons. The van der Waals surface area contributed by atoms with Gasteiger partial charge in [0.2, 0.25) is 0 Å². The van der Waals surface area contributed by atoms with Gasteiger partial charge in [0.15, 0.2) is 5.17 Å². The van der Waals surface area contributed by atoms with Crippen LogP contribution in [-0.4, -0.2) is 66.4 Å². The standard InChI is InChI=1S/C13H20N2O5S/c1-7(16)18-6-9-5-10(19-8(2)17)11-12(20-9)21-13(14-11)15(3)4/h9-12H,5-6H2,1-4H3. The molecule has 0 saturated carbocycles. The number of hydrogen-bond donors (Lipinski definition) is 0. The first-order valence-electron chi connectivity index (χ1n) is 6.74. The van der Waals surface area contributed by atoms with E-state index >= 15 is 0 Å². The summed E-state index contributed by atoms with van der Waals surface area (Å²) in [6, 6.07) is -0.218. The van der Waals surface area contributed by atoms with Crippen LogP contribution in [0, 0.1) is 0 Å². The van der Waals surface area contributed by atoms with E-state index in [2.05, 4.69) is 4.99 Å². The van der Waals surface area contributed by atoms with Gasteiger partial charge in [0.25, 0.3) is 0 Å². The van der Waals surface area contributed by atoms with Gasteiger partial charge in [-0.1, -0.05) is 11.8 Å². The molecule has 2 aliphatic rings. The number of esters is 2. The third-order valence-corrected chi connectivity index (χ3v) is 4.44. The Bertz CT molecular complexity index is 454. The smallest absolute Gasteiger partial charge is 0.302 e. The van der Waals surface area contributed by atoms with Gasteiger partial charge in [-0.05, 0) is 0 Å². The zero-order chi connectivity index (χ0) is 15.6. The monoisotopic (exact) mass is 316 g/mol. The molecule has 7 nitrogen and oxygen atoms in total. The summed E-state index contributed by atoms with van der Waals surface area (Å²) in [7, 11) is 3.81. The second kappa shape index (κ2) is 6.65. The number of fused-ring (bicyclic) bond motifs is 1. The summed E-state index contributed by atoms with van der Waals surface area (Å²) < 4.78 is 16.3. The zero-order valence-corrected chi connectivity index (χ0v) is 13.4. The molecule has 0 N–H and O–H groups in total. The molecule has 1 fully saturated rings. The van der Waals surface area contributed by atoms with Gasteiger partial charge >= 0.3 is 11.9 Å². The zero-order valence-electron chi connectivity index (χ0n) is 12.6. The van der Waals surface area contributed by atoms with Crippen molar-refractivity contribution in [3.05, 3.63) is 0 Å². The van der Waals surface area contributed by atoms with E-state index in [9.17, 15) is 9.59 Å². The summed E-state index contributed by atoms with van der Waals surface area (Å²) in [5.74, 6) is -0.695. The number of hydrogen-bond acceptors (Lipinski definition) is 8. The molecule has 2 aliphatic heterocycles. The molecular weight excluding hydrogens is 296 g/mol. The van der Waals surface area contributed by atoms with Gasteiger partial charge in [-0.3, -0.25) is 14.6 Å². The molecule has 4 unspecified atom stereocenters. The molecular formula is C13H20N2O5S. The van der Waals surface area contributed by atoms with Crippen LogP contribution in [0.25, 0.3) is 0 Å². The first kappa shape index (κ1) is 16.1. The predicted molar refractivity (Wildman–Crippen MR) is 78.0 cm³/mol. The van der Waals surface area contributed by atoms with Crippen LogP contribution in [-0.2, 0) is 23.8 Å². The van der Waals surface area contributed by atoms with Crippen LogP contribution in [0.4, 0.5) is 0 Å². The van der Waals surface area contributed by atoms with Crippen molar-refractivity contribution < 1.29 is 23.8 Å². The fraction of sp³-hybridized carbons (Fsp3) is 0.769. The number of thioether (sulfide) groups is 1. The number of carbonyl (C=O) groups is 2. The van der Waals surface area contributed by atoms with Crippen LogP contribution in [0.3, 0.4) is 0 Å². The van der Waals surface area contributed by atoms with Crippen molar-refractivity contribution >= 4 is 28.9 Å². The van der Waals surface area contributed by atoms with Crippen molar-refractivity contribution in [3.8, 4) is 0 Å². The Kier molecular flexibility index (Phi) is 5.10. The van der Waals surface area contributed by atoms with Crippen LogP contribution in [0.2, 0.25) is 0 Å². The van der Waals surface area contributed by atoms with Gasteiger partial charge in [0.05, 0.1) is 6.10 Å². The number of ether oxygens (including phenoxy) is 3.